The molecule has 0 saturated carbocycles. The molecule has 2 aromatic carbocycles. The van der Waals surface area contributed by atoms with Crippen molar-refractivity contribution in [3.8, 4) is 23.3 Å². The van der Waals surface area contributed by atoms with E-state index in [9.17, 15) is 4.79 Å². The molecule has 0 bridgehead atoms. The first-order chi connectivity index (χ1) is 14.5. The molecule has 0 fully saturated rings. The molecule has 0 aliphatic carbocycles. The van der Waals surface area contributed by atoms with Gasteiger partial charge in [0.05, 0.1) is 37.8 Å². The van der Waals surface area contributed by atoms with E-state index in [1.807, 2.05) is 13.8 Å². The zero-order valence-electron chi connectivity index (χ0n) is 17.4. The average molecular weight is 429 g/mol. The minimum Gasteiger partial charge on any atom is -0.494 e. The van der Waals surface area contributed by atoms with E-state index in [1.165, 1.54) is 13.2 Å². The van der Waals surface area contributed by atoms with Crippen molar-refractivity contribution in [1.29, 1.82) is 5.26 Å². The summed E-state index contributed by atoms with van der Waals surface area (Å²) in [7, 11) is 1.53. The van der Waals surface area contributed by atoms with Gasteiger partial charge in [0.2, 0.25) is 0 Å². The van der Waals surface area contributed by atoms with Crippen molar-refractivity contribution in [2.45, 2.75) is 20.3 Å². The van der Waals surface area contributed by atoms with Gasteiger partial charge in [-0.05, 0) is 61.9 Å². The highest BCUT2D eigenvalue weighted by Crippen LogP contribution is 2.36. The van der Waals surface area contributed by atoms with Gasteiger partial charge < -0.3 is 19.1 Å². The number of rotatable bonds is 10. The highest BCUT2D eigenvalue weighted by molar-refractivity contribution is 6.32. The van der Waals surface area contributed by atoms with Gasteiger partial charge >= 0.3 is 0 Å². The molecule has 0 spiro atoms. The second kappa shape index (κ2) is 11.7. The van der Waals surface area contributed by atoms with Crippen LogP contribution in [0.1, 0.15) is 25.8 Å². The molecular weight excluding hydrogens is 404 g/mol. The predicted octanol–water partition coefficient (Wildman–Crippen LogP) is 5.11. The van der Waals surface area contributed by atoms with E-state index in [2.05, 4.69) is 6.07 Å². The number of amides is 1. The molecular formula is C23H25ClN2O4. The Labute approximate surface area is 182 Å². The topological polar surface area (TPSA) is 71.8 Å². The Morgan fingerprint density at radius 1 is 1.17 bits per heavy atom. The summed E-state index contributed by atoms with van der Waals surface area (Å²) in [4.78, 5) is 14.4. The highest BCUT2D eigenvalue weighted by atomic mass is 35.5. The van der Waals surface area contributed by atoms with Gasteiger partial charge in [-0.2, -0.15) is 5.26 Å². The summed E-state index contributed by atoms with van der Waals surface area (Å²) in [5, 5.41) is 9.36. The van der Waals surface area contributed by atoms with Crippen LogP contribution in [-0.4, -0.2) is 32.8 Å². The predicted molar refractivity (Wildman–Crippen MR) is 118 cm³/mol. The van der Waals surface area contributed by atoms with Gasteiger partial charge in [-0.3, -0.25) is 4.79 Å². The number of methoxy groups -OCH3 is 1. The molecule has 30 heavy (non-hydrogen) atoms. The number of hydrogen-bond acceptors (Lipinski definition) is 5. The number of benzene rings is 2. The lowest BCUT2D eigenvalue weighted by Gasteiger charge is -2.20. The standard InChI is InChI=1S/C23H25ClN2O4/c1-4-29-19-10-8-18(9-11-19)26(14-6-13-25)22(27)12-7-17-15-20(24)23(30-5-2)21(16-17)28-3/h7-12,15-16H,4-6,14H2,1-3H3/b12-7+. The number of hydrogen-bond donors (Lipinski definition) is 0. The molecule has 0 saturated heterocycles. The van der Waals surface area contributed by atoms with Gasteiger partial charge in [-0.25, -0.2) is 0 Å². The fourth-order valence-electron chi connectivity index (χ4n) is 2.80. The minimum atomic E-state index is -0.251. The zero-order valence-corrected chi connectivity index (χ0v) is 18.1. The van der Waals surface area contributed by atoms with Crippen LogP contribution in [0.3, 0.4) is 0 Å². The SMILES string of the molecule is CCOc1ccc(N(CCC#N)C(=O)/C=C/c2cc(Cl)c(OCC)c(OC)c2)cc1. The second-order valence-corrected chi connectivity index (χ2v) is 6.53. The maximum absolute atomic E-state index is 12.9. The number of halogens is 1. The van der Waals surface area contributed by atoms with Gasteiger partial charge in [0, 0.05) is 18.3 Å². The largest absolute Gasteiger partial charge is 0.494 e. The van der Waals surface area contributed by atoms with Crippen molar-refractivity contribution < 1.29 is 19.0 Å². The number of nitriles is 1. The number of ether oxygens (including phenoxy) is 3. The summed E-state index contributed by atoms with van der Waals surface area (Å²) in [5.41, 5.74) is 1.38. The molecule has 1 amide bonds. The molecule has 0 N–H and O–H groups in total. The van der Waals surface area contributed by atoms with Crippen molar-refractivity contribution in [3.63, 3.8) is 0 Å². The quantitative estimate of drug-likeness (QED) is 0.492. The van der Waals surface area contributed by atoms with Crippen molar-refractivity contribution in [2.24, 2.45) is 0 Å². The molecule has 0 unspecified atom stereocenters. The molecule has 7 heteroatoms. The van der Waals surface area contributed by atoms with Crippen molar-refractivity contribution in [3.05, 3.63) is 53.1 Å². The van der Waals surface area contributed by atoms with Crippen LogP contribution < -0.4 is 19.1 Å². The molecule has 2 aromatic rings. The van der Waals surface area contributed by atoms with Crippen LogP contribution in [0.2, 0.25) is 5.02 Å². The maximum atomic E-state index is 12.9. The Balaban J connectivity index is 2.25. The third-order valence-electron chi connectivity index (χ3n) is 4.13. The van der Waals surface area contributed by atoms with E-state index < -0.39 is 0 Å². The summed E-state index contributed by atoms with van der Waals surface area (Å²) in [6.45, 7) is 5.07. The Kier molecular flexibility index (Phi) is 9.04. The summed E-state index contributed by atoms with van der Waals surface area (Å²) in [5.74, 6) is 1.43. The second-order valence-electron chi connectivity index (χ2n) is 6.13. The Morgan fingerprint density at radius 2 is 1.87 bits per heavy atom. The Hall–Kier alpha value is -3.17. The van der Waals surface area contributed by atoms with Gasteiger partial charge in [-0.1, -0.05) is 11.6 Å². The van der Waals surface area contributed by atoms with Crippen LogP contribution in [0.15, 0.2) is 42.5 Å². The molecule has 0 aliphatic heterocycles. The lowest BCUT2D eigenvalue weighted by Crippen LogP contribution is -2.30. The molecule has 0 aliphatic rings. The summed E-state index contributed by atoms with van der Waals surface area (Å²) >= 11 is 6.29. The number of carbonyl (C=O) groups is 1. The number of anilines is 1. The normalized spacial score (nSPS) is 10.5. The Bertz CT molecular complexity index is 920. The van der Waals surface area contributed by atoms with Gasteiger partial charge in [0.15, 0.2) is 11.5 Å². The zero-order chi connectivity index (χ0) is 21.9. The summed E-state index contributed by atoms with van der Waals surface area (Å²) in [6.07, 6.45) is 3.31. The summed E-state index contributed by atoms with van der Waals surface area (Å²) in [6, 6.07) is 12.7. The third kappa shape index (κ3) is 6.16. The molecule has 2 rings (SSSR count). The van der Waals surface area contributed by atoms with Crippen LogP contribution in [-0.2, 0) is 4.79 Å². The van der Waals surface area contributed by atoms with E-state index in [-0.39, 0.29) is 18.9 Å². The minimum absolute atomic E-state index is 0.218. The molecule has 0 aromatic heterocycles. The maximum Gasteiger partial charge on any atom is 0.251 e. The third-order valence-corrected chi connectivity index (χ3v) is 4.41. The molecule has 0 heterocycles. The lowest BCUT2D eigenvalue weighted by molar-refractivity contribution is -0.114. The van der Waals surface area contributed by atoms with Crippen LogP contribution in [0.4, 0.5) is 5.69 Å². The first kappa shape index (κ1) is 23.1. The van der Waals surface area contributed by atoms with E-state index in [0.29, 0.717) is 41.0 Å². The summed E-state index contributed by atoms with van der Waals surface area (Å²) < 4.78 is 16.3. The monoisotopic (exact) mass is 428 g/mol. The first-order valence-corrected chi connectivity index (χ1v) is 10.0. The first-order valence-electron chi connectivity index (χ1n) is 9.63. The number of carbonyl (C=O) groups excluding carboxylic acids is 1. The van der Waals surface area contributed by atoms with E-state index in [1.54, 1.807) is 47.4 Å². The molecule has 6 nitrogen and oxygen atoms in total. The van der Waals surface area contributed by atoms with Crippen LogP contribution in [0, 0.1) is 11.3 Å². The van der Waals surface area contributed by atoms with E-state index >= 15 is 0 Å². The van der Waals surface area contributed by atoms with Gasteiger partial charge in [0.1, 0.15) is 5.75 Å². The average Bonchev–Trinajstić information content (AvgIpc) is 2.75. The van der Waals surface area contributed by atoms with Crippen LogP contribution >= 0.6 is 11.6 Å². The van der Waals surface area contributed by atoms with Gasteiger partial charge in [0.25, 0.3) is 5.91 Å². The highest BCUT2D eigenvalue weighted by Gasteiger charge is 2.14. The fourth-order valence-corrected chi connectivity index (χ4v) is 3.07. The fraction of sp³-hybridized carbons (Fsp3) is 0.304. The Morgan fingerprint density at radius 3 is 2.47 bits per heavy atom. The van der Waals surface area contributed by atoms with Crippen molar-refractivity contribution in [2.75, 3.05) is 31.8 Å². The van der Waals surface area contributed by atoms with Crippen LogP contribution in [0.5, 0.6) is 17.2 Å². The molecule has 0 atom stereocenters. The smallest absolute Gasteiger partial charge is 0.251 e. The van der Waals surface area contributed by atoms with Crippen LogP contribution in [0.25, 0.3) is 6.08 Å². The van der Waals surface area contributed by atoms with E-state index in [4.69, 9.17) is 31.1 Å². The molecule has 0 radical (unpaired) electrons. The molecule has 158 valence electrons. The van der Waals surface area contributed by atoms with Crippen molar-refractivity contribution in [1.82, 2.24) is 0 Å². The lowest BCUT2D eigenvalue weighted by atomic mass is 10.1. The van der Waals surface area contributed by atoms with E-state index in [0.717, 1.165) is 5.75 Å². The van der Waals surface area contributed by atoms with Gasteiger partial charge in [-0.15, -0.1) is 0 Å². The number of nitrogens with zero attached hydrogens (tertiary/aromatic N) is 2. The van der Waals surface area contributed by atoms with Crippen molar-refractivity contribution >= 4 is 29.3 Å².